The minimum Gasteiger partial charge on any atom is -0.325 e. The summed E-state index contributed by atoms with van der Waals surface area (Å²) in [5.41, 5.74) is 2.15. The molecule has 0 saturated carbocycles. The van der Waals surface area contributed by atoms with Crippen molar-refractivity contribution in [3.8, 4) is 0 Å². The van der Waals surface area contributed by atoms with Gasteiger partial charge in [0.2, 0.25) is 15.0 Å². The molecule has 4 nitrogen and oxygen atoms in total. The zero-order valence-corrected chi connectivity index (χ0v) is 12.3. The SMILES string of the molecule is CC(=O)Nc1cc(C)c(CCS(=O)(=O)Cl)cc1Cl. The Labute approximate surface area is 116 Å². The van der Waals surface area contributed by atoms with Crippen LogP contribution in [0.2, 0.25) is 5.02 Å². The molecule has 1 amide bonds. The molecule has 0 radical (unpaired) electrons. The van der Waals surface area contributed by atoms with E-state index in [0.29, 0.717) is 10.7 Å². The van der Waals surface area contributed by atoms with Gasteiger partial charge in [0.05, 0.1) is 16.5 Å². The summed E-state index contributed by atoms with van der Waals surface area (Å²) in [7, 11) is 1.64. The van der Waals surface area contributed by atoms with Gasteiger partial charge in [-0.1, -0.05) is 11.6 Å². The number of anilines is 1. The van der Waals surface area contributed by atoms with Gasteiger partial charge in [0.15, 0.2) is 0 Å². The van der Waals surface area contributed by atoms with E-state index in [2.05, 4.69) is 5.32 Å². The summed E-state index contributed by atoms with van der Waals surface area (Å²) in [5.74, 6) is -0.363. The van der Waals surface area contributed by atoms with Gasteiger partial charge in [-0.2, -0.15) is 0 Å². The number of aryl methyl sites for hydroxylation is 2. The standard InChI is InChI=1S/C11H13Cl2NO3S/c1-7-5-11(14-8(2)15)10(12)6-9(7)3-4-18(13,16)17/h5-6H,3-4H2,1-2H3,(H,14,15). The van der Waals surface area contributed by atoms with Crippen molar-refractivity contribution in [3.63, 3.8) is 0 Å². The number of rotatable bonds is 4. The molecule has 0 aliphatic heterocycles. The van der Waals surface area contributed by atoms with E-state index in [9.17, 15) is 13.2 Å². The van der Waals surface area contributed by atoms with Crippen LogP contribution in [-0.4, -0.2) is 20.1 Å². The highest BCUT2D eigenvalue weighted by atomic mass is 35.7. The lowest BCUT2D eigenvalue weighted by molar-refractivity contribution is -0.114. The lowest BCUT2D eigenvalue weighted by Gasteiger charge is -2.10. The van der Waals surface area contributed by atoms with Crippen LogP contribution in [0.25, 0.3) is 0 Å². The largest absolute Gasteiger partial charge is 0.325 e. The molecule has 0 spiro atoms. The van der Waals surface area contributed by atoms with Crippen molar-refractivity contribution in [1.82, 2.24) is 0 Å². The zero-order valence-electron chi connectivity index (χ0n) is 9.96. The third-order valence-electron chi connectivity index (χ3n) is 2.35. The number of nitrogens with one attached hydrogen (secondary N) is 1. The molecule has 0 saturated heterocycles. The summed E-state index contributed by atoms with van der Waals surface area (Å²) >= 11 is 6.00. The predicted molar refractivity (Wildman–Crippen MR) is 73.8 cm³/mol. The molecule has 1 aromatic carbocycles. The van der Waals surface area contributed by atoms with Gasteiger partial charge in [-0.25, -0.2) is 8.42 Å². The highest BCUT2D eigenvalue weighted by Gasteiger charge is 2.10. The van der Waals surface area contributed by atoms with Crippen LogP contribution in [0.4, 0.5) is 5.69 Å². The smallest absolute Gasteiger partial charge is 0.232 e. The maximum atomic E-state index is 11.0. The second-order valence-electron chi connectivity index (χ2n) is 3.93. The lowest BCUT2D eigenvalue weighted by atomic mass is 10.1. The van der Waals surface area contributed by atoms with Gasteiger partial charge in [0, 0.05) is 17.6 Å². The Morgan fingerprint density at radius 2 is 2.00 bits per heavy atom. The third kappa shape index (κ3) is 4.84. The molecule has 0 aliphatic carbocycles. The highest BCUT2D eigenvalue weighted by Crippen LogP contribution is 2.26. The van der Waals surface area contributed by atoms with Crippen molar-refractivity contribution in [1.29, 1.82) is 0 Å². The van der Waals surface area contributed by atoms with E-state index in [1.54, 1.807) is 12.1 Å². The molecule has 0 heterocycles. The van der Waals surface area contributed by atoms with E-state index in [-0.39, 0.29) is 18.1 Å². The normalized spacial score (nSPS) is 11.3. The van der Waals surface area contributed by atoms with Crippen molar-refractivity contribution >= 4 is 42.9 Å². The first kappa shape index (κ1) is 15.3. The van der Waals surface area contributed by atoms with Crippen molar-refractivity contribution in [2.75, 3.05) is 11.1 Å². The van der Waals surface area contributed by atoms with E-state index < -0.39 is 9.05 Å². The minimum absolute atomic E-state index is 0.148. The van der Waals surface area contributed by atoms with Gasteiger partial charge in [-0.05, 0) is 36.6 Å². The highest BCUT2D eigenvalue weighted by molar-refractivity contribution is 8.13. The average molecular weight is 310 g/mol. The topological polar surface area (TPSA) is 63.2 Å². The Hall–Kier alpha value is -0.780. The van der Waals surface area contributed by atoms with E-state index in [1.807, 2.05) is 6.92 Å². The van der Waals surface area contributed by atoms with Crippen LogP contribution < -0.4 is 5.32 Å². The Balaban J connectivity index is 2.96. The molecule has 0 bridgehead atoms. The Morgan fingerprint density at radius 3 is 2.50 bits per heavy atom. The molecule has 0 atom stereocenters. The third-order valence-corrected chi connectivity index (χ3v) is 3.82. The lowest BCUT2D eigenvalue weighted by Crippen LogP contribution is -2.08. The Morgan fingerprint density at radius 1 is 1.39 bits per heavy atom. The van der Waals surface area contributed by atoms with Crippen LogP contribution >= 0.6 is 22.3 Å². The molecule has 0 unspecified atom stereocenters. The first-order valence-corrected chi connectivity index (χ1v) is 8.03. The Kier molecular flexibility index (Phi) is 5.01. The summed E-state index contributed by atoms with van der Waals surface area (Å²) in [6, 6.07) is 3.35. The summed E-state index contributed by atoms with van der Waals surface area (Å²) < 4.78 is 21.8. The van der Waals surface area contributed by atoms with Gasteiger partial charge in [0.1, 0.15) is 0 Å². The molecular formula is C11H13Cl2NO3S. The second-order valence-corrected chi connectivity index (χ2v) is 7.24. The zero-order chi connectivity index (χ0) is 13.9. The maximum absolute atomic E-state index is 11.0. The molecule has 0 aromatic heterocycles. The number of halogens is 2. The van der Waals surface area contributed by atoms with Crippen molar-refractivity contribution in [2.24, 2.45) is 0 Å². The van der Waals surface area contributed by atoms with Crippen LogP contribution in [0, 0.1) is 6.92 Å². The molecule has 1 rings (SSSR count). The molecule has 1 N–H and O–H groups in total. The fraction of sp³-hybridized carbons (Fsp3) is 0.364. The number of carbonyl (C=O) groups excluding carboxylic acids is 1. The van der Waals surface area contributed by atoms with Crippen LogP contribution in [0.5, 0.6) is 0 Å². The van der Waals surface area contributed by atoms with Crippen LogP contribution in [0.15, 0.2) is 12.1 Å². The van der Waals surface area contributed by atoms with Crippen LogP contribution in [0.3, 0.4) is 0 Å². The number of carbonyl (C=O) groups is 1. The monoisotopic (exact) mass is 309 g/mol. The first-order chi connectivity index (χ1) is 8.19. The second kappa shape index (κ2) is 5.91. The quantitative estimate of drug-likeness (QED) is 0.870. The number of benzene rings is 1. The molecular weight excluding hydrogens is 297 g/mol. The molecule has 100 valence electrons. The molecule has 0 aliphatic rings. The van der Waals surface area contributed by atoms with Crippen molar-refractivity contribution in [2.45, 2.75) is 20.3 Å². The fourth-order valence-electron chi connectivity index (χ4n) is 1.51. The van der Waals surface area contributed by atoms with Gasteiger partial charge in [0.25, 0.3) is 0 Å². The van der Waals surface area contributed by atoms with E-state index in [1.165, 1.54) is 6.92 Å². The van der Waals surface area contributed by atoms with Crippen LogP contribution in [0.1, 0.15) is 18.1 Å². The summed E-state index contributed by atoms with van der Waals surface area (Å²) in [5, 5.41) is 2.97. The number of amides is 1. The summed E-state index contributed by atoms with van der Waals surface area (Å²) in [6.07, 6.45) is 0.289. The number of hydrogen-bond donors (Lipinski definition) is 1. The van der Waals surface area contributed by atoms with Crippen LogP contribution in [-0.2, 0) is 20.3 Å². The Bertz CT molecular complexity index is 570. The van der Waals surface area contributed by atoms with Gasteiger partial charge in [-0.15, -0.1) is 0 Å². The van der Waals surface area contributed by atoms with E-state index in [0.717, 1.165) is 11.1 Å². The summed E-state index contributed by atoms with van der Waals surface area (Å²) in [4.78, 5) is 11.0. The van der Waals surface area contributed by atoms with E-state index >= 15 is 0 Å². The predicted octanol–water partition coefficient (Wildman–Crippen LogP) is 2.72. The first-order valence-electron chi connectivity index (χ1n) is 5.18. The molecule has 7 heteroatoms. The molecule has 0 fully saturated rings. The minimum atomic E-state index is -3.52. The van der Waals surface area contributed by atoms with Crippen molar-refractivity contribution < 1.29 is 13.2 Å². The van der Waals surface area contributed by atoms with E-state index in [4.69, 9.17) is 22.3 Å². The van der Waals surface area contributed by atoms with Gasteiger partial charge in [-0.3, -0.25) is 4.79 Å². The number of hydrogen-bond acceptors (Lipinski definition) is 3. The molecule has 18 heavy (non-hydrogen) atoms. The summed E-state index contributed by atoms with van der Waals surface area (Å²) in [6.45, 7) is 3.21. The van der Waals surface area contributed by atoms with Gasteiger partial charge >= 0.3 is 0 Å². The maximum Gasteiger partial charge on any atom is 0.232 e. The molecule has 1 aromatic rings. The van der Waals surface area contributed by atoms with Crippen molar-refractivity contribution in [3.05, 3.63) is 28.3 Å². The fourth-order valence-corrected chi connectivity index (χ4v) is 2.44. The average Bonchev–Trinajstić information content (AvgIpc) is 2.19. The van der Waals surface area contributed by atoms with Gasteiger partial charge < -0.3 is 5.32 Å².